The van der Waals surface area contributed by atoms with E-state index >= 15 is 0 Å². The predicted octanol–water partition coefficient (Wildman–Crippen LogP) is 13.3. The number of rotatable bonds is 6. The van der Waals surface area contributed by atoms with Crippen LogP contribution in [0.3, 0.4) is 0 Å². The van der Waals surface area contributed by atoms with Crippen LogP contribution in [-0.2, 0) is 20.1 Å². The van der Waals surface area contributed by atoms with Crippen LogP contribution >= 0.6 is 11.3 Å². The molecule has 5 heteroatoms. The zero-order chi connectivity index (χ0) is 36.1. The summed E-state index contributed by atoms with van der Waals surface area (Å²) in [6.45, 7) is 0. The average molecular weight is 900 g/mol. The topological polar surface area (TPSA) is 30.7 Å². The molecule has 10 rings (SSSR count). The summed E-state index contributed by atoms with van der Waals surface area (Å²) in [5.74, 6) is 0.897. The van der Waals surface area contributed by atoms with Crippen LogP contribution in [0.2, 0.25) is 0 Å². The summed E-state index contributed by atoms with van der Waals surface area (Å²) in [7, 11) is 0. The Hall–Kier alpha value is -6.23. The molecule has 0 atom stereocenters. The zero-order valence-electron chi connectivity index (χ0n) is 29.6. The van der Waals surface area contributed by atoms with E-state index in [-0.39, 0.29) is 20.1 Å². The minimum Gasteiger partial charge on any atom is -0.332 e. The van der Waals surface area contributed by atoms with Gasteiger partial charge in [-0.2, -0.15) is 0 Å². The number of hydrogen-bond donors (Lipinski definition) is 0. The quantitative estimate of drug-likeness (QED) is 0.156. The van der Waals surface area contributed by atoms with E-state index in [2.05, 4.69) is 173 Å². The van der Waals surface area contributed by atoms with E-state index in [1.54, 1.807) is 17.5 Å². The average Bonchev–Trinajstić information content (AvgIpc) is 3.86. The van der Waals surface area contributed by atoms with Crippen molar-refractivity contribution in [3.63, 3.8) is 0 Å². The molecule has 265 valence electrons. The van der Waals surface area contributed by atoms with Gasteiger partial charge in [-0.1, -0.05) is 167 Å². The molecular formula is C50H33IrN3S-2. The van der Waals surface area contributed by atoms with Gasteiger partial charge in [0.25, 0.3) is 0 Å². The number of imidazole rings is 1. The smallest absolute Gasteiger partial charge is 0.0774 e. The molecule has 0 unspecified atom stereocenters. The molecule has 0 bridgehead atoms. The molecule has 0 saturated heterocycles. The van der Waals surface area contributed by atoms with Gasteiger partial charge in [0, 0.05) is 37.4 Å². The van der Waals surface area contributed by atoms with E-state index in [0.29, 0.717) is 0 Å². The number of thiophene rings is 1. The predicted molar refractivity (Wildman–Crippen MR) is 226 cm³/mol. The van der Waals surface area contributed by atoms with Crippen molar-refractivity contribution in [1.29, 1.82) is 0 Å². The van der Waals surface area contributed by atoms with Crippen LogP contribution in [0.4, 0.5) is 0 Å². The minimum absolute atomic E-state index is 0. The Bertz CT molecular complexity index is 2700. The fourth-order valence-electron chi connectivity index (χ4n) is 6.93. The first-order valence-corrected chi connectivity index (χ1v) is 18.7. The molecule has 3 aromatic heterocycles. The van der Waals surface area contributed by atoms with E-state index in [4.69, 9.17) is 4.98 Å². The fraction of sp³-hybridized carbons (Fsp3) is 0. The fourth-order valence-corrected chi connectivity index (χ4v) is 7.75. The first kappa shape index (κ1) is 35.8. The second-order valence-corrected chi connectivity index (χ2v) is 13.7. The van der Waals surface area contributed by atoms with Gasteiger partial charge in [-0.05, 0) is 46.1 Å². The molecule has 0 aliphatic heterocycles. The van der Waals surface area contributed by atoms with Crippen molar-refractivity contribution < 1.29 is 20.1 Å². The van der Waals surface area contributed by atoms with E-state index in [9.17, 15) is 0 Å². The number of nitrogens with zero attached hydrogens (tertiary/aromatic N) is 3. The normalized spacial score (nSPS) is 10.8. The molecule has 0 aliphatic rings. The Balaban J connectivity index is 0.000000280. The molecule has 0 aliphatic carbocycles. The molecule has 55 heavy (non-hydrogen) atoms. The molecule has 10 aromatic rings. The minimum atomic E-state index is 0. The van der Waals surface area contributed by atoms with Gasteiger partial charge < -0.3 is 9.55 Å². The molecule has 3 nitrogen and oxygen atoms in total. The summed E-state index contributed by atoms with van der Waals surface area (Å²) in [5.41, 5.74) is 13.2. The second kappa shape index (κ2) is 16.4. The van der Waals surface area contributed by atoms with Gasteiger partial charge in [-0.3, -0.25) is 16.3 Å². The first-order chi connectivity index (χ1) is 26.8. The number of para-hydroxylation sites is 3. The van der Waals surface area contributed by atoms with Crippen LogP contribution in [0.5, 0.6) is 0 Å². The molecule has 1 radical (unpaired) electrons. The number of pyridine rings is 1. The van der Waals surface area contributed by atoms with Crippen molar-refractivity contribution in [2.45, 2.75) is 0 Å². The van der Waals surface area contributed by atoms with Crippen LogP contribution in [0.15, 0.2) is 200 Å². The summed E-state index contributed by atoms with van der Waals surface area (Å²) < 4.78 is 3.55. The van der Waals surface area contributed by atoms with E-state index in [1.165, 1.54) is 27.0 Å². The van der Waals surface area contributed by atoms with Gasteiger partial charge in [-0.25, -0.2) is 0 Å². The molecule has 7 aromatic carbocycles. The molecular weight excluding hydrogens is 867 g/mol. The molecule has 3 heterocycles. The number of benzene rings is 7. The largest absolute Gasteiger partial charge is 0.332 e. The van der Waals surface area contributed by atoms with Gasteiger partial charge >= 0.3 is 0 Å². The Morgan fingerprint density at radius 2 is 1.16 bits per heavy atom. The zero-order valence-corrected chi connectivity index (χ0v) is 32.8. The van der Waals surface area contributed by atoms with Crippen LogP contribution in [-0.4, -0.2) is 14.5 Å². The van der Waals surface area contributed by atoms with Gasteiger partial charge in [0.2, 0.25) is 0 Å². The van der Waals surface area contributed by atoms with Crippen molar-refractivity contribution in [3.05, 3.63) is 212 Å². The van der Waals surface area contributed by atoms with Crippen LogP contribution in [0, 0.1) is 11.4 Å². The third-order valence-electron chi connectivity index (χ3n) is 9.48. The third kappa shape index (κ3) is 7.34. The van der Waals surface area contributed by atoms with Crippen LogP contribution < -0.4 is 0 Å². The van der Waals surface area contributed by atoms with Gasteiger partial charge in [-0.15, -0.1) is 41.3 Å². The maximum Gasteiger partial charge on any atom is 0.0774 e. The summed E-state index contributed by atoms with van der Waals surface area (Å²) in [5, 5.41) is 4.82. The van der Waals surface area contributed by atoms with Crippen molar-refractivity contribution in [1.82, 2.24) is 14.5 Å². The Labute approximate surface area is 338 Å². The summed E-state index contributed by atoms with van der Waals surface area (Å²) in [6.07, 6.45) is 1.79. The molecule has 0 saturated carbocycles. The van der Waals surface area contributed by atoms with Crippen molar-refractivity contribution in [2.75, 3.05) is 0 Å². The van der Waals surface area contributed by atoms with Crippen LogP contribution in [0.25, 0.3) is 82.8 Å². The molecule has 0 spiro atoms. The van der Waals surface area contributed by atoms with Crippen molar-refractivity contribution >= 4 is 32.5 Å². The standard InChI is InChI=1S/C39H25N2S.C11H8N.Ir/c1-4-13-27(14-5-1)30-23-24-37-33(25-30)34(26-42-37)39-40-35-21-10-11-22-36(35)41(39)38-31(28-15-6-2-7-16-28)19-12-20-32(38)29-17-8-3-9-18-29;1-2-6-10(7-3-1)11-8-4-5-9-12-11;/h1-25H;1-6,8-9H;/q2*-1;. The monoisotopic (exact) mass is 900 g/mol. The van der Waals surface area contributed by atoms with Crippen molar-refractivity contribution in [2.24, 2.45) is 0 Å². The maximum atomic E-state index is 5.29. The summed E-state index contributed by atoms with van der Waals surface area (Å²) in [4.78, 5) is 9.51. The first-order valence-electron chi connectivity index (χ1n) is 17.9. The summed E-state index contributed by atoms with van der Waals surface area (Å²) >= 11 is 1.65. The number of hydrogen-bond acceptors (Lipinski definition) is 3. The van der Waals surface area contributed by atoms with E-state index in [1.807, 2.05) is 42.5 Å². The van der Waals surface area contributed by atoms with E-state index in [0.717, 1.165) is 55.9 Å². The maximum absolute atomic E-state index is 5.29. The van der Waals surface area contributed by atoms with Crippen molar-refractivity contribution in [3.8, 4) is 61.7 Å². The second-order valence-electron chi connectivity index (χ2n) is 12.8. The SMILES string of the molecule is [Ir].[c-]1ccccc1-c1ccccn1.[c-]1sc2ccc(-c3ccccc3)cc2c1-c1nc2ccccc2n1-c1c(-c2ccccc2)cccc1-c1ccccc1. The van der Waals surface area contributed by atoms with Gasteiger partial charge in [0.1, 0.15) is 0 Å². The Kier molecular flexibility index (Phi) is 10.7. The van der Waals surface area contributed by atoms with Gasteiger partial charge in [0.15, 0.2) is 0 Å². The van der Waals surface area contributed by atoms with E-state index < -0.39 is 0 Å². The molecule has 0 amide bonds. The molecule has 0 fully saturated rings. The molecule has 0 N–H and O–H groups in total. The third-order valence-corrected chi connectivity index (χ3v) is 10.4. The Morgan fingerprint density at radius 3 is 1.82 bits per heavy atom. The number of aromatic nitrogens is 3. The van der Waals surface area contributed by atoms with Crippen LogP contribution in [0.1, 0.15) is 0 Å². The van der Waals surface area contributed by atoms with Gasteiger partial charge in [0.05, 0.1) is 22.5 Å². The summed E-state index contributed by atoms with van der Waals surface area (Å²) in [6, 6.07) is 70.4. The Morgan fingerprint density at radius 1 is 0.527 bits per heavy atom. The number of fused-ring (bicyclic) bond motifs is 2.